The average Bonchev–Trinajstić information content (AvgIpc) is 2.36. The molecule has 1 atom stereocenters. The SMILES string of the molecule is CC(C)C[C@@H](N)C(=O)Nc1ccccc1SCC(N)=O. The van der Waals surface area contributed by atoms with E-state index in [0.717, 1.165) is 4.90 Å². The third kappa shape index (κ3) is 5.63. The number of hydrogen-bond acceptors (Lipinski definition) is 4. The number of para-hydroxylation sites is 1. The molecule has 6 heteroatoms. The average molecular weight is 295 g/mol. The third-order valence-corrected chi connectivity index (χ3v) is 3.67. The highest BCUT2D eigenvalue weighted by Gasteiger charge is 2.16. The Morgan fingerprint density at radius 3 is 2.55 bits per heavy atom. The zero-order chi connectivity index (χ0) is 15.1. The van der Waals surface area contributed by atoms with E-state index in [0.29, 0.717) is 18.0 Å². The van der Waals surface area contributed by atoms with Crippen LogP contribution in [0.3, 0.4) is 0 Å². The molecule has 0 heterocycles. The Balaban J connectivity index is 2.71. The molecule has 110 valence electrons. The first-order valence-corrected chi connectivity index (χ1v) is 7.45. The van der Waals surface area contributed by atoms with Gasteiger partial charge in [0.25, 0.3) is 0 Å². The minimum Gasteiger partial charge on any atom is -0.369 e. The molecule has 0 bridgehead atoms. The van der Waals surface area contributed by atoms with Crippen molar-refractivity contribution in [3.8, 4) is 0 Å². The van der Waals surface area contributed by atoms with Crippen LogP contribution in [0.2, 0.25) is 0 Å². The monoisotopic (exact) mass is 295 g/mol. The van der Waals surface area contributed by atoms with Crippen molar-refractivity contribution in [1.82, 2.24) is 0 Å². The van der Waals surface area contributed by atoms with E-state index < -0.39 is 11.9 Å². The van der Waals surface area contributed by atoms with Gasteiger partial charge in [0.2, 0.25) is 11.8 Å². The maximum absolute atomic E-state index is 12.0. The van der Waals surface area contributed by atoms with Crippen LogP contribution in [-0.2, 0) is 9.59 Å². The van der Waals surface area contributed by atoms with Crippen LogP contribution >= 0.6 is 11.8 Å². The molecular formula is C14H21N3O2S. The van der Waals surface area contributed by atoms with Crippen LogP contribution in [0.5, 0.6) is 0 Å². The van der Waals surface area contributed by atoms with Gasteiger partial charge in [-0.1, -0.05) is 26.0 Å². The lowest BCUT2D eigenvalue weighted by atomic mass is 10.0. The van der Waals surface area contributed by atoms with Crippen LogP contribution in [0.15, 0.2) is 29.2 Å². The van der Waals surface area contributed by atoms with Crippen molar-refractivity contribution in [2.24, 2.45) is 17.4 Å². The predicted molar refractivity (Wildman–Crippen MR) is 82.4 cm³/mol. The molecule has 0 radical (unpaired) electrons. The van der Waals surface area contributed by atoms with Crippen molar-refractivity contribution in [1.29, 1.82) is 0 Å². The summed E-state index contributed by atoms with van der Waals surface area (Å²) in [5.41, 5.74) is 11.6. The van der Waals surface area contributed by atoms with Crippen LogP contribution in [0.1, 0.15) is 20.3 Å². The predicted octanol–water partition coefficient (Wildman–Crippen LogP) is 1.58. The molecule has 0 fully saturated rings. The number of rotatable bonds is 7. The molecule has 0 aliphatic carbocycles. The molecule has 0 aromatic heterocycles. The van der Waals surface area contributed by atoms with Crippen LogP contribution in [-0.4, -0.2) is 23.6 Å². The summed E-state index contributed by atoms with van der Waals surface area (Å²) in [4.78, 5) is 23.6. The lowest BCUT2D eigenvalue weighted by molar-refractivity contribution is -0.118. The number of carbonyl (C=O) groups is 2. The fourth-order valence-electron chi connectivity index (χ4n) is 1.68. The van der Waals surface area contributed by atoms with Crippen molar-refractivity contribution in [2.45, 2.75) is 31.2 Å². The zero-order valence-corrected chi connectivity index (χ0v) is 12.6. The van der Waals surface area contributed by atoms with Gasteiger partial charge in [-0.15, -0.1) is 11.8 Å². The van der Waals surface area contributed by atoms with Crippen LogP contribution < -0.4 is 16.8 Å². The summed E-state index contributed by atoms with van der Waals surface area (Å²) in [6.07, 6.45) is 0.627. The van der Waals surface area contributed by atoms with Gasteiger partial charge in [0.05, 0.1) is 17.5 Å². The summed E-state index contributed by atoms with van der Waals surface area (Å²) >= 11 is 1.29. The number of amides is 2. The molecular weight excluding hydrogens is 274 g/mol. The lowest BCUT2D eigenvalue weighted by Crippen LogP contribution is -2.36. The number of nitrogens with one attached hydrogen (secondary N) is 1. The molecule has 5 N–H and O–H groups in total. The minimum absolute atomic E-state index is 0.172. The van der Waals surface area contributed by atoms with E-state index in [9.17, 15) is 9.59 Å². The quantitative estimate of drug-likeness (QED) is 0.665. The number of anilines is 1. The fraction of sp³-hybridized carbons (Fsp3) is 0.429. The smallest absolute Gasteiger partial charge is 0.241 e. The second-order valence-corrected chi connectivity index (χ2v) is 5.99. The molecule has 5 nitrogen and oxygen atoms in total. The minimum atomic E-state index is -0.538. The molecule has 0 unspecified atom stereocenters. The molecule has 20 heavy (non-hydrogen) atoms. The molecule has 0 spiro atoms. The number of primary amides is 1. The number of nitrogens with two attached hydrogens (primary N) is 2. The van der Waals surface area contributed by atoms with Gasteiger partial charge in [0, 0.05) is 4.90 Å². The van der Waals surface area contributed by atoms with Gasteiger partial charge in [-0.2, -0.15) is 0 Å². The molecule has 0 saturated carbocycles. The molecule has 1 aromatic rings. The van der Waals surface area contributed by atoms with E-state index >= 15 is 0 Å². The number of carbonyl (C=O) groups excluding carboxylic acids is 2. The summed E-state index contributed by atoms with van der Waals surface area (Å²) < 4.78 is 0. The topological polar surface area (TPSA) is 98.2 Å². The van der Waals surface area contributed by atoms with Gasteiger partial charge in [-0.05, 0) is 24.5 Å². The first kappa shape index (κ1) is 16.5. The van der Waals surface area contributed by atoms with E-state index in [1.165, 1.54) is 11.8 Å². The highest BCUT2D eigenvalue weighted by Crippen LogP contribution is 2.26. The van der Waals surface area contributed by atoms with Gasteiger partial charge >= 0.3 is 0 Å². The standard InChI is InChI=1S/C14H21N3O2S/c1-9(2)7-10(15)14(19)17-11-5-3-4-6-12(11)20-8-13(16)18/h3-6,9-10H,7-8,15H2,1-2H3,(H2,16,18)(H,17,19)/t10-/m1/s1. The van der Waals surface area contributed by atoms with Gasteiger partial charge in [-0.25, -0.2) is 0 Å². The molecule has 2 amide bonds. The summed E-state index contributed by atoms with van der Waals surface area (Å²) in [6, 6.07) is 6.73. The van der Waals surface area contributed by atoms with Crippen molar-refractivity contribution >= 4 is 29.3 Å². The fourth-order valence-corrected chi connectivity index (χ4v) is 2.43. The Hall–Kier alpha value is -1.53. The molecule has 1 rings (SSSR count). The normalized spacial score (nSPS) is 12.2. The molecule has 1 aromatic carbocycles. The van der Waals surface area contributed by atoms with E-state index in [1.807, 2.05) is 32.0 Å². The van der Waals surface area contributed by atoms with Crippen LogP contribution in [0.25, 0.3) is 0 Å². The van der Waals surface area contributed by atoms with Gasteiger partial charge in [0.15, 0.2) is 0 Å². The van der Waals surface area contributed by atoms with Crippen molar-refractivity contribution in [3.05, 3.63) is 24.3 Å². The summed E-state index contributed by atoms with van der Waals surface area (Å²) in [7, 11) is 0. The van der Waals surface area contributed by atoms with Crippen molar-refractivity contribution < 1.29 is 9.59 Å². The lowest BCUT2D eigenvalue weighted by Gasteiger charge is -2.15. The first-order chi connectivity index (χ1) is 9.40. The Bertz CT molecular complexity index is 477. The number of hydrogen-bond donors (Lipinski definition) is 3. The highest BCUT2D eigenvalue weighted by atomic mass is 32.2. The Morgan fingerprint density at radius 2 is 1.95 bits per heavy atom. The van der Waals surface area contributed by atoms with Crippen LogP contribution in [0.4, 0.5) is 5.69 Å². The number of thioether (sulfide) groups is 1. The number of benzene rings is 1. The van der Waals surface area contributed by atoms with Crippen molar-refractivity contribution in [3.63, 3.8) is 0 Å². The second-order valence-electron chi connectivity index (χ2n) is 4.98. The maximum Gasteiger partial charge on any atom is 0.241 e. The summed E-state index contributed by atoms with van der Waals surface area (Å²) in [5.74, 6) is -0.0843. The van der Waals surface area contributed by atoms with Crippen molar-refractivity contribution in [2.75, 3.05) is 11.1 Å². The molecule has 0 aliphatic heterocycles. The zero-order valence-electron chi connectivity index (χ0n) is 11.8. The van der Waals surface area contributed by atoms with Gasteiger partial charge in [0.1, 0.15) is 0 Å². The van der Waals surface area contributed by atoms with Gasteiger partial charge in [-0.3, -0.25) is 9.59 Å². The Morgan fingerprint density at radius 1 is 1.30 bits per heavy atom. The molecule has 0 saturated heterocycles. The summed E-state index contributed by atoms with van der Waals surface area (Å²) in [5, 5.41) is 2.80. The first-order valence-electron chi connectivity index (χ1n) is 6.46. The van der Waals surface area contributed by atoms with E-state index in [4.69, 9.17) is 11.5 Å². The second kappa shape index (κ2) is 7.91. The van der Waals surface area contributed by atoms with E-state index in [-0.39, 0.29) is 11.7 Å². The largest absolute Gasteiger partial charge is 0.369 e. The summed E-state index contributed by atoms with van der Waals surface area (Å²) in [6.45, 7) is 4.04. The maximum atomic E-state index is 12.0. The van der Waals surface area contributed by atoms with Crippen LogP contribution in [0, 0.1) is 5.92 Å². The van der Waals surface area contributed by atoms with E-state index in [2.05, 4.69) is 5.32 Å². The Labute approximate surface area is 123 Å². The third-order valence-electron chi connectivity index (χ3n) is 2.58. The van der Waals surface area contributed by atoms with Gasteiger partial charge < -0.3 is 16.8 Å². The Kier molecular flexibility index (Phi) is 6.54. The highest BCUT2D eigenvalue weighted by molar-refractivity contribution is 8.00. The molecule has 0 aliphatic rings. The van der Waals surface area contributed by atoms with E-state index in [1.54, 1.807) is 6.07 Å².